The third kappa shape index (κ3) is 3.26. The van der Waals surface area contributed by atoms with Crippen molar-refractivity contribution in [2.45, 2.75) is 38.7 Å². The highest BCUT2D eigenvalue weighted by Crippen LogP contribution is 2.23. The van der Waals surface area contributed by atoms with Crippen LogP contribution < -0.4 is 0 Å². The molecule has 1 saturated heterocycles. The molecule has 1 aromatic rings. The number of aryl methyl sites for hydroxylation is 1. The fraction of sp³-hybridized carbons (Fsp3) is 0.533. The van der Waals surface area contributed by atoms with Crippen molar-refractivity contribution >= 4 is 5.91 Å². The van der Waals surface area contributed by atoms with E-state index in [1.807, 2.05) is 6.92 Å². The van der Waals surface area contributed by atoms with Gasteiger partial charge in [-0.2, -0.15) is 0 Å². The molecule has 1 aromatic carbocycles. The molecule has 1 aliphatic heterocycles. The summed E-state index contributed by atoms with van der Waals surface area (Å²) in [6.07, 6.45) is 2.15. The van der Waals surface area contributed by atoms with E-state index in [1.165, 1.54) is 0 Å². The molecule has 0 spiro atoms. The number of phenols is 1. The monoisotopic (exact) mass is 263 g/mol. The Morgan fingerprint density at radius 2 is 2.05 bits per heavy atom. The lowest BCUT2D eigenvalue weighted by Crippen LogP contribution is -2.33. The van der Waals surface area contributed by atoms with Crippen LogP contribution in [0.15, 0.2) is 18.2 Å². The van der Waals surface area contributed by atoms with Gasteiger partial charge in [0.1, 0.15) is 5.75 Å². The van der Waals surface area contributed by atoms with Crippen LogP contribution in [0.5, 0.6) is 5.75 Å². The lowest BCUT2D eigenvalue weighted by Gasteiger charge is -2.22. The third-order valence-electron chi connectivity index (χ3n) is 3.79. The van der Waals surface area contributed by atoms with E-state index in [4.69, 9.17) is 0 Å². The Bertz CT molecular complexity index is 482. The molecule has 2 N–H and O–H groups in total. The Labute approximate surface area is 113 Å². The first-order valence-corrected chi connectivity index (χ1v) is 6.70. The van der Waals surface area contributed by atoms with Crippen molar-refractivity contribution in [3.8, 4) is 5.75 Å². The molecule has 104 valence electrons. The highest BCUT2D eigenvalue weighted by molar-refractivity contribution is 5.94. The van der Waals surface area contributed by atoms with Crippen molar-refractivity contribution in [2.75, 3.05) is 13.1 Å². The van der Waals surface area contributed by atoms with Gasteiger partial charge in [0.2, 0.25) is 0 Å². The SMILES string of the molecule is Cc1cc(C(=O)N2CCCC(C)(O)CC2)ccc1O. The van der Waals surface area contributed by atoms with E-state index in [-0.39, 0.29) is 11.7 Å². The summed E-state index contributed by atoms with van der Waals surface area (Å²) in [5.74, 6) is 0.177. The lowest BCUT2D eigenvalue weighted by molar-refractivity contribution is 0.0438. The van der Waals surface area contributed by atoms with Crippen molar-refractivity contribution < 1.29 is 15.0 Å². The molecular formula is C15H21NO3. The Kier molecular flexibility index (Phi) is 3.80. The van der Waals surface area contributed by atoms with Gasteiger partial charge in [0.25, 0.3) is 5.91 Å². The number of carbonyl (C=O) groups excluding carboxylic acids is 1. The number of rotatable bonds is 1. The lowest BCUT2D eigenvalue weighted by atomic mass is 9.98. The van der Waals surface area contributed by atoms with Gasteiger partial charge in [-0.1, -0.05) is 0 Å². The second kappa shape index (κ2) is 5.21. The molecule has 4 heteroatoms. The van der Waals surface area contributed by atoms with Crippen LogP contribution in [-0.2, 0) is 0 Å². The van der Waals surface area contributed by atoms with Crippen molar-refractivity contribution in [2.24, 2.45) is 0 Å². The first-order chi connectivity index (χ1) is 8.89. The van der Waals surface area contributed by atoms with E-state index in [2.05, 4.69) is 0 Å². The quantitative estimate of drug-likeness (QED) is 0.815. The van der Waals surface area contributed by atoms with E-state index in [1.54, 1.807) is 30.0 Å². The maximum absolute atomic E-state index is 12.4. The molecular weight excluding hydrogens is 242 g/mol. The first kappa shape index (κ1) is 13.9. The molecule has 0 saturated carbocycles. The van der Waals surface area contributed by atoms with Crippen LogP contribution in [0.4, 0.5) is 0 Å². The van der Waals surface area contributed by atoms with Gasteiger partial charge >= 0.3 is 0 Å². The number of amides is 1. The molecule has 1 aliphatic rings. The Morgan fingerprint density at radius 3 is 2.74 bits per heavy atom. The number of hydrogen-bond acceptors (Lipinski definition) is 3. The van der Waals surface area contributed by atoms with Crippen LogP contribution in [0, 0.1) is 6.92 Å². The zero-order valence-electron chi connectivity index (χ0n) is 11.5. The van der Waals surface area contributed by atoms with Crippen LogP contribution >= 0.6 is 0 Å². The first-order valence-electron chi connectivity index (χ1n) is 6.70. The molecule has 4 nitrogen and oxygen atoms in total. The second-order valence-corrected chi connectivity index (χ2v) is 5.64. The summed E-state index contributed by atoms with van der Waals surface area (Å²) < 4.78 is 0. The topological polar surface area (TPSA) is 60.8 Å². The average molecular weight is 263 g/mol. The van der Waals surface area contributed by atoms with Crippen LogP contribution in [0.25, 0.3) is 0 Å². The molecule has 0 radical (unpaired) electrons. The van der Waals surface area contributed by atoms with Crippen LogP contribution in [0.2, 0.25) is 0 Å². The minimum atomic E-state index is -0.667. The van der Waals surface area contributed by atoms with E-state index in [0.717, 1.165) is 12.8 Å². The molecule has 1 atom stereocenters. The minimum Gasteiger partial charge on any atom is -0.508 e. The summed E-state index contributed by atoms with van der Waals surface area (Å²) >= 11 is 0. The van der Waals surface area contributed by atoms with E-state index >= 15 is 0 Å². The highest BCUT2D eigenvalue weighted by Gasteiger charge is 2.27. The molecule has 1 unspecified atom stereocenters. The van der Waals surface area contributed by atoms with E-state index < -0.39 is 5.60 Å². The van der Waals surface area contributed by atoms with Crippen LogP contribution in [0.1, 0.15) is 42.1 Å². The Morgan fingerprint density at radius 1 is 1.32 bits per heavy atom. The smallest absolute Gasteiger partial charge is 0.253 e. The van der Waals surface area contributed by atoms with E-state index in [9.17, 15) is 15.0 Å². The summed E-state index contributed by atoms with van der Waals surface area (Å²) in [7, 11) is 0. The van der Waals surface area contributed by atoms with Gasteiger partial charge in [-0.25, -0.2) is 0 Å². The molecule has 1 heterocycles. The molecule has 1 amide bonds. The summed E-state index contributed by atoms with van der Waals surface area (Å²) in [5, 5.41) is 19.5. The number of likely N-dealkylation sites (tertiary alicyclic amines) is 1. The predicted octanol–water partition coefficient (Wildman–Crippen LogP) is 2.08. The molecule has 0 bridgehead atoms. The van der Waals surface area contributed by atoms with Crippen molar-refractivity contribution in [3.63, 3.8) is 0 Å². The number of carbonyl (C=O) groups is 1. The average Bonchev–Trinajstić information content (AvgIpc) is 2.53. The van der Waals surface area contributed by atoms with Gasteiger partial charge in [0, 0.05) is 18.7 Å². The maximum atomic E-state index is 12.4. The fourth-order valence-electron chi connectivity index (χ4n) is 2.44. The normalized spacial score (nSPS) is 24.1. The van der Waals surface area contributed by atoms with Gasteiger partial charge in [0.05, 0.1) is 5.60 Å². The third-order valence-corrected chi connectivity index (χ3v) is 3.79. The molecule has 0 aromatic heterocycles. The van der Waals surface area contributed by atoms with Crippen LogP contribution in [-0.4, -0.2) is 39.7 Å². The maximum Gasteiger partial charge on any atom is 0.253 e. The number of hydrogen-bond donors (Lipinski definition) is 2. The van der Waals surface area contributed by atoms with Gasteiger partial charge in [-0.15, -0.1) is 0 Å². The van der Waals surface area contributed by atoms with Crippen molar-refractivity contribution in [3.05, 3.63) is 29.3 Å². The number of phenolic OH excluding ortho intramolecular Hbond substituents is 1. The van der Waals surface area contributed by atoms with Gasteiger partial charge in [-0.3, -0.25) is 4.79 Å². The molecule has 1 fully saturated rings. The highest BCUT2D eigenvalue weighted by atomic mass is 16.3. The summed E-state index contributed by atoms with van der Waals surface area (Å²) in [4.78, 5) is 14.2. The van der Waals surface area contributed by atoms with Crippen LogP contribution in [0.3, 0.4) is 0 Å². The van der Waals surface area contributed by atoms with E-state index in [0.29, 0.717) is 30.6 Å². The Balaban J connectivity index is 2.13. The standard InChI is InChI=1S/C15H21NO3/c1-11-10-12(4-5-13(11)17)14(18)16-8-3-6-15(2,19)7-9-16/h4-5,10,17,19H,3,6-9H2,1-2H3. The molecule has 19 heavy (non-hydrogen) atoms. The Hall–Kier alpha value is -1.55. The van der Waals surface area contributed by atoms with Gasteiger partial charge in [0.15, 0.2) is 0 Å². The molecule has 0 aliphatic carbocycles. The largest absolute Gasteiger partial charge is 0.508 e. The second-order valence-electron chi connectivity index (χ2n) is 5.64. The molecule has 2 rings (SSSR count). The van der Waals surface area contributed by atoms with Gasteiger partial charge in [-0.05, 0) is 56.9 Å². The summed E-state index contributed by atoms with van der Waals surface area (Å²) in [6.45, 7) is 4.85. The summed E-state index contributed by atoms with van der Waals surface area (Å²) in [6, 6.07) is 4.91. The number of benzene rings is 1. The van der Waals surface area contributed by atoms with Crippen molar-refractivity contribution in [1.82, 2.24) is 4.90 Å². The fourth-order valence-corrected chi connectivity index (χ4v) is 2.44. The zero-order chi connectivity index (χ0) is 14.0. The summed E-state index contributed by atoms with van der Waals surface area (Å²) in [5.41, 5.74) is 0.629. The van der Waals surface area contributed by atoms with Crippen molar-refractivity contribution in [1.29, 1.82) is 0 Å². The minimum absolute atomic E-state index is 0.0270. The van der Waals surface area contributed by atoms with Gasteiger partial charge < -0.3 is 15.1 Å². The number of aromatic hydroxyl groups is 1. The zero-order valence-corrected chi connectivity index (χ0v) is 11.5. The number of aliphatic hydroxyl groups is 1. The number of nitrogens with zero attached hydrogens (tertiary/aromatic N) is 1. The predicted molar refractivity (Wildman–Crippen MR) is 73.2 cm³/mol.